The number of aromatic nitrogens is 5. The summed E-state index contributed by atoms with van der Waals surface area (Å²) >= 11 is 0. The molecule has 0 unspecified atom stereocenters. The van der Waals surface area contributed by atoms with E-state index in [-0.39, 0.29) is 17.8 Å². The summed E-state index contributed by atoms with van der Waals surface area (Å²) in [6.07, 6.45) is 3.07. The number of carbonyl (C=O) groups excluding carboxylic acids is 1. The minimum Gasteiger partial charge on any atom is -0.497 e. The van der Waals surface area contributed by atoms with Crippen LogP contribution in [0, 0.1) is 5.82 Å². The number of hydrogen-bond donors (Lipinski definition) is 1. The summed E-state index contributed by atoms with van der Waals surface area (Å²) < 4.78 is 20.6. The Kier molecular flexibility index (Phi) is 6.83. The van der Waals surface area contributed by atoms with Crippen molar-refractivity contribution in [3.63, 3.8) is 0 Å². The Labute approximate surface area is 207 Å². The van der Waals surface area contributed by atoms with Crippen molar-refractivity contribution in [3.05, 3.63) is 83.8 Å². The summed E-state index contributed by atoms with van der Waals surface area (Å²) in [6, 6.07) is 17.5. The second-order valence-electron chi connectivity index (χ2n) is 8.67. The molecule has 1 aliphatic rings. The van der Waals surface area contributed by atoms with Gasteiger partial charge in [0.15, 0.2) is 0 Å². The lowest BCUT2D eigenvalue weighted by atomic mass is 10.0. The van der Waals surface area contributed by atoms with Gasteiger partial charge in [0.25, 0.3) is 5.91 Å². The largest absolute Gasteiger partial charge is 0.497 e. The number of nitrogens with one attached hydrogen (secondary N) is 1. The van der Waals surface area contributed by atoms with Crippen molar-refractivity contribution in [2.45, 2.75) is 25.4 Å². The zero-order valence-electron chi connectivity index (χ0n) is 19.8. The number of carbonyl (C=O) groups is 1. The van der Waals surface area contributed by atoms with Gasteiger partial charge in [-0.25, -0.2) is 9.07 Å². The third-order valence-electron chi connectivity index (χ3n) is 6.24. The Morgan fingerprint density at radius 3 is 2.69 bits per heavy atom. The standard InChI is InChI=1S/C26H26FN7O2/c1-36-23-7-2-4-18(14-23)17-34-26(30-31-32-34)33-12-10-22(11-13-33)29-25(35)20-8-9-24(28-16-20)19-5-3-6-21(27)15-19/h2-9,14-16,22H,10-13,17H2,1H3,(H,29,35). The van der Waals surface area contributed by atoms with Crippen LogP contribution in [0.25, 0.3) is 11.3 Å². The molecule has 1 amide bonds. The first-order valence-corrected chi connectivity index (χ1v) is 11.8. The topological polar surface area (TPSA) is 98.1 Å². The van der Waals surface area contributed by atoms with E-state index in [4.69, 9.17) is 4.74 Å². The Morgan fingerprint density at radius 1 is 1.11 bits per heavy atom. The highest BCUT2D eigenvalue weighted by Gasteiger charge is 2.25. The molecule has 10 heteroatoms. The molecule has 1 fully saturated rings. The van der Waals surface area contributed by atoms with Gasteiger partial charge in [-0.05, 0) is 65.2 Å². The minimum absolute atomic E-state index is 0.0411. The summed E-state index contributed by atoms with van der Waals surface area (Å²) in [7, 11) is 1.64. The smallest absolute Gasteiger partial charge is 0.253 e. The van der Waals surface area contributed by atoms with Crippen LogP contribution in [0.15, 0.2) is 66.9 Å². The summed E-state index contributed by atoms with van der Waals surface area (Å²) in [6.45, 7) is 1.98. The van der Waals surface area contributed by atoms with Crippen LogP contribution in [-0.2, 0) is 6.54 Å². The van der Waals surface area contributed by atoms with Crippen LogP contribution in [0.4, 0.5) is 10.3 Å². The highest BCUT2D eigenvalue weighted by atomic mass is 19.1. The number of methoxy groups -OCH3 is 1. The Morgan fingerprint density at radius 2 is 1.94 bits per heavy atom. The molecule has 2 aromatic heterocycles. The van der Waals surface area contributed by atoms with Crippen LogP contribution in [0.2, 0.25) is 0 Å². The van der Waals surface area contributed by atoms with Crippen molar-refractivity contribution in [1.82, 2.24) is 30.5 Å². The Bertz CT molecular complexity index is 1330. The maximum Gasteiger partial charge on any atom is 0.253 e. The van der Waals surface area contributed by atoms with Gasteiger partial charge in [-0.1, -0.05) is 29.4 Å². The number of halogens is 1. The molecular weight excluding hydrogens is 461 g/mol. The van der Waals surface area contributed by atoms with Gasteiger partial charge in [0.2, 0.25) is 5.95 Å². The number of ether oxygens (including phenoxy) is 1. The fraction of sp³-hybridized carbons (Fsp3) is 0.269. The molecule has 4 aromatic rings. The van der Waals surface area contributed by atoms with Gasteiger partial charge in [-0.2, -0.15) is 0 Å². The average molecular weight is 488 g/mol. The van der Waals surface area contributed by atoms with Crippen LogP contribution in [-0.4, -0.2) is 57.3 Å². The molecule has 0 aliphatic carbocycles. The first-order chi connectivity index (χ1) is 17.6. The quantitative estimate of drug-likeness (QED) is 0.427. The van der Waals surface area contributed by atoms with Crippen LogP contribution in [0.1, 0.15) is 28.8 Å². The Hall–Kier alpha value is -4.34. The molecule has 0 radical (unpaired) electrons. The lowest BCUT2D eigenvalue weighted by Crippen LogP contribution is -2.45. The van der Waals surface area contributed by atoms with Crippen LogP contribution in [0.5, 0.6) is 5.75 Å². The highest BCUT2D eigenvalue weighted by molar-refractivity contribution is 5.94. The molecule has 1 N–H and O–H groups in total. The maximum absolute atomic E-state index is 13.5. The molecule has 2 aromatic carbocycles. The van der Waals surface area contributed by atoms with Gasteiger partial charge in [-0.15, -0.1) is 0 Å². The van der Waals surface area contributed by atoms with E-state index in [1.54, 1.807) is 36.1 Å². The molecule has 9 nitrogen and oxygen atoms in total. The van der Waals surface area contributed by atoms with Crippen LogP contribution >= 0.6 is 0 Å². The maximum atomic E-state index is 13.5. The Balaban J connectivity index is 1.16. The fourth-order valence-corrected chi connectivity index (χ4v) is 4.31. The first-order valence-electron chi connectivity index (χ1n) is 11.8. The summed E-state index contributed by atoms with van der Waals surface area (Å²) in [5, 5.41) is 15.4. The molecule has 0 saturated carbocycles. The molecule has 184 valence electrons. The number of piperidine rings is 1. The molecule has 36 heavy (non-hydrogen) atoms. The second-order valence-corrected chi connectivity index (χ2v) is 8.67. The SMILES string of the molecule is COc1cccc(Cn2nnnc2N2CCC(NC(=O)c3ccc(-c4cccc(F)c4)nc3)CC2)c1. The number of anilines is 1. The molecule has 0 spiro atoms. The van der Waals surface area contributed by atoms with Crippen LogP contribution in [0.3, 0.4) is 0 Å². The summed E-state index contributed by atoms with van der Waals surface area (Å²) in [5.41, 5.74) is 2.80. The molecule has 0 bridgehead atoms. The highest BCUT2D eigenvalue weighted by Crippen LogP contribution is 2.21. The lowest BCUT2D eigenvalue weighted by molar-refractivity contribution is 0.0930. The zero-order chi connectivity index (χ0) is 24.9. The van der Waals surface area contributed by atoms with E-state index < -0.39 is 0 Å². The van der Waals surface area contributed by atoms with Crippen molar-refractivity contribution in [3.8, 4) is 17.0 Å². The summed E-state index contributed by atoms with van der Waals surface area (Å²) in [4.78, 5) is 19.2. The molecular formula is C26H26FN7O2. The fourth-order valence-electron chi connectivity index (χ4n) is 4.31. The van der Waals surface area contributed by atoms with E-state index in [0.29, 0.717) is 29.3 Å². The minimum atomic E-state index is -0.322. The van der Waals surface area contributed by atoms with E-state index in [1.165, 1.54) is 18.3 Å². The number of amides is 1. The van der Waals surface area contributed by atoms with Gasteiger partial charge < -0.3 is 15.0 Å². The number of pyridine rings is 1. The average Bonchev–Trinajstić information content (AvgIpc) is 3.37. The van der Waals surface area contributed by atoms with Gasteiger partial charge in [0.05, 0.1) is 24.9 Å². The molecule has 3 heterocycles. The predicted molar refractivity (Wildman–Crippen MR) is 132 cm³/mol. The molecule has 1 aliphatic heterocycles. The number of hydrogen-bond acceptors (Lipinski definition) is 7. The van der Waals surface area contributed by atoms with E-state index in [1.807, 2.05) is 24.3 Å². The number of tetrazole rings is 1. The normalized spacial score (nSPS) is 14.0. The molecule has 0 atom stereocenters. The summed E-state index contributed by atoms with van der Waals surface area (Å²) in [5.74, 6) is 1.00. The van der Waals surface area contributed by atoms with Gasteiger partial charge in [0.1, 0.15) is 11.6 Å². The lowest BCUT2D eigenvalue weighted by Gasteiger charge is -2.32. The van der Waals surface area contributed by atoms with E-state index in [0.717, 1.165) is 37.2 Å². The third kappa shape index (κ3) is 5.32. The van der Waals surface area contributed by atoms with Gasteiger partial charge in [0, 0.05) is 30.9 Å². The number of nitrogens with zero attached hydrogens (tertiary/aromatic N) is 6. The van der Waals surface area contributed by atoms with Crippen molar-refractivity contribution in [2.75, 3.05) is 25.1 Å². The number of benzene rings is 2. The molecule has 5 rings (SSSR count). The van der Waals surface area contributed by atoms with Crippen molar-refractivity contribution in [2.24, 2.45) is 0 Å². The van der Waals surface area contributed by atoms with E-state index >= 15 is 0 Å². The van der Waals surface area contributed by atoms with Crippen molar-refractivity contribution >= 4 is 11.9 Å². The first kappa shape index (κ1) is 23.4. The van der Waals surface area contributed by atoms with Crippen molar-refractivity contribution < 1.29 is 13.9 Å². The molecule has 1 saturated heterocycles. The van der Waals surface area contributed by atoms with Gasteiger partial charge in [-0.3, -0.25) is 9.78 Å². The monoisotopic (exact) mass is 487 g/mol. The van der Waals surface area contributed by atoms with Crippen LogP contribution < -0.4 is 15.0 Å². The second kappa shape index (κ2) is 10.5. The number of rotatable bonds is 7. The van der Waals surface area contributed by atoms with Gasteiger partial charge >= 0.3 is 0 Å². The van der Waals surface area contributed by atoms with E-state index in [2.05, 4.69) is 30.7 Å². The third-order valence-corrected chi connectivity index (χ3v) is 6.24. The van der Waals surface area contributed by atoms with Crippen molar-refractivity contribution in [1.29, 1.82) is 0 Å². The predicted octanol–water partition coefficient (Wildman–Crippen LogP) is 3.33. The zero-order valence-corrected chi connectivity index (χ0v) is 19.8. The van der Waals surface area contributed by atoms with E-state index in [9.17, 15) is 9.18 Å².